The summed E-state index contributed by atoms with van der Waals surface area (Å²) in [5.74, 6) is 2.96. The predicted octanol–water partition coefficient (Wildman–Crippen LogP) is 4.27. The third-order valence-corrected chi connectivity index (χ3v) is 6.32. The average Bonchev–Trinajstić information content (AvgIpc) is 2.88. The summed E-state index contributed by atoms with van der Waals surface area (Å²) in [4.78, 5) is 24.1. The molecule has 0 atom stereocenters. The number of amides is 2. The molecule has 0 spiro atoms. The van der Waals surface area contributed by atoms with Crippen molar-refractivity contribution >= 4 is 34.4 Å². The van der Waals surface area contributed by atoms with Gasteiger partial charge in [-0.2, -0.15) is 4.98 Å². The van der Waals surface area contributed by atoms with E-state index < -0.39 is 0 Å². The Bertz CT molecular complexity index is 1190. The normalized spacial score (nSPS) is 17.2. The molecule has 3 N–H and O–H groups in total. The first-order valence-corrected chi connectivity index (χ1v) is 12.0. The molecule has 0 aliphatic heterocycles. The number of aromatic nitrogens is 2. The highest BCUT2D eigenvalue weighted by Crippen LogP contribution is 2.40. The number of fused-ring (bicyclic) bond motifs is 1. The van der Waals surface area contributed by atoms with Crippen LogP contribution in [0.15, 0.2) is 36.4 Å². The van der Waals surface area contributed by atoms with Crippen molar-refractivity contribution in [2.45, 2.75) is 37.8 Å². The first-order chi connectivity index (χ1) is 17.4. The van der Waals surface area contributed by atoms with Gasteiger partial charge in [0, 0.05) is 43.7 Å². The quantitative estimate of drug-likeness (QED) is 0.426. The van der Waals surface area contributed by atoms with Gasteiger partial charge in [-0.15, -0.1) is 0 Å². The van der Waals surface area contributed by atoms with Gasteiger partial charge in [0.05, 0.1) is 32.5 Å². The molecule has 0 saturated heterocycles. The van der Waals surface area contributed by atoms with Gasteiger partial charge in [0.2, 0.25) is 11.7 Å². The molecule has 3 aromatic rings. The molecule has 10 nitrogen and oxygen atoms in total. The second-order valence-electron chi connectivity index (χ2n) is 8.99. The predicted molar refractivity (Wildman–Crippen MR) is 142 cm³/mol. The number of hydrogen-bond donors (Lipinski definition) is 3. The minimum absolute atomic E-state index is 0.0833. The van der Waals surface area contributed by atoms with Crippen molar-refractivity contribution in [3.8, 4) is 17.2 Å². The van der Waals surface area contributed by atoms with Crippen LogP contribution < -0.4 is 35.1 Å². The molecule has 1 aliphatic carbocycles. The summed E-state index contributed by atoms with van der Waals surface area (Å²) >= 11 is 0. The van der Waals surface area contributed by atoms with Gasteiger partial charge in [-0.05, 0) is 37.8 Å². The Morgan fingerprint density at radius 1 is 0.917 bits per heavy atom. The van der Waals surface area contributed by atoms with Gasteiger partial charge in [-0.3, -0.25) is 0 Å². The van der Waals surface area contributed by atoms with E-state index in [4.69, 9.17) is 24.2 Å². The molecule has 192 valence electrons. The first kappa shape index (κ1) is 25.2. The van der Waals surface area contributed by atoms with E-state index in [9.17, 15) is 4.79 Å². The Balaban J connectivity index is 1.33. The topological polar surface area (TPSA) is 110 Å². The summed E-state index contributed by atoms with van der Waals surface area (Å²) in [6.45, 7) is 0. The highest BCUT2D eigenvalue weighted by molar-refractivity contribution is 5.91. The third-order valence-electron chi connectivity index (χ3n) is 6.32. The number of benzene rings is 2. The van der Waals surface area contributed by atoms with Crippen LogP contribution in [0.1, 0.15) is 25.7 Å². The van der Waals surface area contributed by atoms with E-state index in [1.807, 2.05) is 43.3 Å². The molecule has 0 bridgehead atoms. The summed E-state index contributed by atoms with van der Waals surface area (Å²) in [5.41, 5.74) is 1.47. The largest absolute Gasteiger partial charge is 0.493 e. The molecule has 1 heterocycles. The van der Waals surface area contributed by atoms with E-state index in [-0.39, 0.29) is 18.1 Å². The van der Waals surface area contributed by atoms with Crippen molar-refractivity contribution in [1.82, 2.24) is 15.3 Å². The summed E-state index contributed by atoms with van der Waals surface area (Å²) in [6, 6.07) is 11.5. The summed E-state index contributed by atoms with van der Waals surface area (Å²) in [5, 5.41) is 10.5. The lowest BCUT2D eigenvalue weighted by Gasteiger charge is -2.30. The second-order valence-corrected chi connectivity index (χ2v) is 8.99. The van der Waals surface area contributed by atoms with Crippen LogP contribution >= 0.6 is 0 Å². The Kier molecular flexibility index (Phi) is 7.82. The van der Waals surface area contributed by atoms with Crippen molar-refractivity contribution in [2.24, 2.45) is 0 Å². The number of carbonyl (C=O) groups excluding carboxylic acids is 1. The Morgan fingerprint density at radius 2 is 1.56 bits per heavy atom. The van der Waals surface area contributed by atoms with Crippen LogP contribution in [0, 0.1) is 0 Å². The zero-order valence-electron chi connectivity index (χ0n) is 21.4. The highest BCUT2D eigenvalue weighted by Gasteiger charge is 2.24. The number of carbonyl (C=O) groups is 1. The fraction of sp³-hybridized carbons (Fsp3) is 0.423. The van der Waals surface area contributed by atoms with E-state index in [0.717, 1.165) is 42.4 Å². The highest BCUT2D eigenvalue weighted by atomic mass is 16.5. The van der Waals surface area contributed by atoms with Gasteiger partial charge in [-0.1, -0.05) is 12.1 Å². The van der Waals surface area contributed by atoms with Gasteiger partial charge in [0.15, 0.2) is 11.5 Å². The number of nitrogens with one attached hydrogen (secondary N) is 3. The molecule has 2 aromatic carbocycles. The lowest BCUT2D eigenvalue weighted by atomic mass is 9.91. The van der Waals surface area contributed by atoms with Crippen LogP contribution in [0.25, 0.3) is 10.9 Å². The van der Waals surface area contributed by atoms with Gasteiger partial charge < -0.3 is 35.1 Å². The van der Waals surface area contributed by atoms with Crippen molar-refractivity contribution in [2.75, 3.05) is 51.0 Å². The van der Waals surface area contributed by atoms with Crippen LogP contribution in [0.5, 0.6) is 17.2 Å². The summed E-state index contributed by atoms with van der Waals surface area (Å²) < 4.78 is 16.1. The minimum atomic E-state index is -0.269. The Labute approximate surface area is 211 Å². The van der Waals surface area contributed by atoms with Crippen LogP contribution in [0.3, 0.4) is 0 Å². The average molecular weight is 495 g/mol. The minimum Gasteiger partial charge on any atom is -0.493 e. The molecule has 0 radical (unpaired) electrons. The molecule has 1 aromatic heterocycles. The number of anilines is 3. The standard InChI is InChI=1S/C26H34N6O4/c1-32(2)24-19-8-6-7-9-20(19)30-25(31-24)27-16-10-12-17(13-11-16)28-26(33)29-18-14-21(34-3)23(36-5)22(15-18)35-4/h6-9,14-17H,10-13H2,1-5H3,(H,27,30,31)(H2,28,29,33). The molecule has 10 heteroatoms. The van der Waals surface area contributed by atoms with Crippen LogP contribution in [-0.4, -0.2) is 63.5 Å². The van der Waals surface area contributed by atoms with Gasteiger partial charge >= 0.3 is 6.03 Å². The SMILES string of the molecule is COc1cc(NC(=O)NC2CCC(Nc3nc(N(C)C)c4ccccc4n3)CC2)cc(OC)c1OC. The molecular weight excluding hydrogens is 460 g/mol. The number of hydrogen-bond acceptors (Lipinski definition) is 8. The van der Waals surface area contributed by atoms with Crippen molar-refractivity contribution < 1.29 is 19.0 Å². The van der Waals surface area contributed by atoms with E-state index in [2.05, 4.69) is 16.0 Å². The molecule has 36 heavy (non-hydrogen) atoms. The molecule has 4 rings (SSSR count). The van der Waals surface area contributed by atoms with Gasteiger partial charge in [0.1, 0.15) is 5.82 Å². The fourth-order valence-corrected chi connectivity index (χ4v) is 4.54. The smallest absolute Gasteiger partial charge is 0.319 e. The number of nitrogens with zero attached hydrogens (tertiary/aromatic N) is 3. The summed E-state index contributed by atoms with van der Waals surface area (Å²) in [6.07, 6.45) is 3.52. The van der Waals surface area contributed by atoms with E-state index in [1.165, 1.54) is 14.2 Å². The fourth-order valence-electron chi connectivity index (χ4n) is 4.54. The molecule has 1 aliphatic rings. The van der Waals surface area contributed by atoms with E-state index >= 15 is 0 Å². The van der Waals surface area contributed by atoms with Crippen molar-refractivity contribution in [3.63, 3.8) is 0 Å². The number of urea groups is 1. The molecule has 2 amide bonds. The first-order valence-electron chi connectivity index (χ1n) is 12.0. The lowest BCUT2D eigenvalue weighted by Crippen LogP contribution is -2.42. The Morgan fingerprint density at radius 3 is 2.17 bits per heavy atom. The summed E-state index contributed by atoms with van der Waals surface area (Å²) in [7, 11) is 8.59. The lowest BCUT2D eigenvalue weighted by molar-refractivity contribution is 0.243. The van der Waals surface area contributed by atoms with Crippen LogP contribution in [-0.2, 0) is 0 Å². The maximum absolute atomic E-state index is 12.7. The number of rotatable bonds is 8. The zero-order chi connectivity index (χ0) is 25.7. The third kappa shape index (κ3) is 5.64. The van der Waals surface area contributed by atoms with Crippen LogP contribution in [0.4, 0.5) is 22.2 Å². The molecule has 1 fully saturated rings. The number of para-hydroxylation sites is 1. The van der Waals surface area contributed by atoms with Gasteiger partial charge in [0.25, 0.3) is 0 Å². The second kappa shape index (κ2) is 11.2. The van der Waals surface area contributed by atoms with E-state index in [1.54, 1.807) is 19.2 Å². The monoisotopic (exact) mass is 494 g/mol. The maximum atomic E-state index is 12.7. The molecule has 1 saturated carbocycles. The van der Waals surface area contributed by atoms with Crippen LogP contribution in [0.2, 0.25) is 0 Å². The zero-order valence-corrected chi connectivity index (χ0v) is 21.4. The van der Waals surface area contributed by atoms with Crippen molar-refractivity contribution in [3.05, 3.63) is 36.4 Å². The van der Waals surface area contributed by atoms with Crippen molar-refractivity contribution in [1.29, 1.82) is 0 Å². The Hall–Kier alpha value is -3.95. The van der Waals surface area contributed by atoms with E-state index in [0.29, 0.717) is 28.9 Å². The molecular formula is C26H34N6O4. The molecule has 0 unspecified atom stereocenters. The number of ether oxygens (including phenoxy) is 3. The maximum Gasteiger partial charge on any atom is 0.319 e. The number of methoxy groups -OCH3 is 3. The van der Waals surface area contributed by atoms with Gasteiger partial charge in [-0.25, -0.2) is 9.78 Å².